The predicted molar refractivity (Wildman–Crippen MR) is 168 cm³/mol. The van der Waals surface area contributed by atoms with E-state index in [4.69, 9.17) is 15.1 Å². The molecule has 0 fully saturated rings. The zero-order valence-electron chi connectivity index (χ0n) is 25.3. The fraction of sp³-hybridized carbons (Fsp3) is 0.472. The van der Waals surface area contributed by atoms with Gasteiger partial charge in [-0.1, -0.05) is 91.7 Å². The van der Waals surface area contributed by atoms with Crippen LogP contribution in [0, 0.1) is 11.3 Å². The maximum Gasteiger partial charge on any atom is 0.122 e. The van der Waals surface area contributed by atoms with Crippen LogP contribution < -0.4 is 4.74 Å². The van der Waals surface area contributed by atoms with Crippen LogP contribution >= 0.6 is 0 Å². The van der Waals surface area contributed by atoms with E-state index in [2.05, 4.69) is 70.1 Å². The highest BCUT2D eigenvalue weighted by Gasteiger charge is 2.12. The molecule has 0 aromatic heterocycles. The molecule has 0 heterocycles. The van der Waals surface area contributed by atoms with Gasteiger partial charge in [0.2, 0.25) is 0 Å². The van der Waals surface area contributed by atoms with Crippen molar-refractivity contribution in [2.24, 2.45) is 10.2 Å². The van der Waals surface area contributed by atoms with Gasteiger partial charge in [-0.3, -0.25) is 0 Å². The van der Waals surface area contributed by atoms with Crippen molar-refractivity contribution in [1.29, 1.82) is 5.26 Å². The van der Waals surface area contributed by atoms with Gasteiger partial charge in [-0.15, -0.1) is 5.11 Å². The molecule has 0 amide bonds. The van der Waals surface area contributed by atoms with E-state index in [1.54, 1.807) is 0 Å². The molecule has 3 rings (SSSR count). The zero-order chi connectivity index (χ0) is 28.7. The molecule has 0 aliphatic carbocycles. The van der Waals surface area contributed by atoms with E-state index in [1.165, 1.54) is 61.6 Å². The van der Waals surface area contributed by atoms with Gasteiger partial charge in [0.15, 0.2) is 0 Å². The first-order valence-electron chi connectivity index (χ1n) is 15.3. The highest BCUT2D eigenvalue weighted by atomic mass is 16.5. The van der Waals surface area contributed by atoms with Crippen molar-refractivity contribution in [2.75, 3.05) is 6.61 Å². The Morgan fingerprint density at radius 3 is 1.93 bits per heavy atom. The molecule has 0 spiro atoms. The predicted octanol–water partition coefficient (Wildman–Crippen LogP) is 11.4. The molecular formula is C36H47N3O. The molecule has 40 heavy (non-hydrogen) atoms. The number of nitrogens with zero attached hydrogens (tertiary/aromatic N) is 3. The lowest BCUT2D eigenvalue weighted by Crippen LogP contribution is -2.01. The first-order chi connectivity index (χ1) is 19.5. The van der Waals surface area contributed by atoms with Crippen LogP contribution in [-0.2, 0) is 12.8 Å². The number of nitriles is 1. The molecule has 0 unspecified atom stereocenters. The fourth-order valence-electron chi connectivity index (χ4n) is 5.04. The first-order valence-corrected chi connectivity index (χ1v) is 15.3. The highest BCUT2D eigenvalue weighted by Crippen LogP contribution is 2.35. The van der Waals surface area contributed by atoms with Gasteiger partial charge in [0.25, 0.3) is 0 Å². The number of benzene rings is 3. The second kappa shape index (κ2) is 16.6. The minimum atomic E-state index is 0.341. The summed E-state index contributed by atoms with van der Waals surface area (Å²) in [6, 6.07) is 20.6. The van der Waals surface area contributed by atoms with Gasteiger partial charge in [-0.2, -0.15) is 10.4 Å². The number of hydrogen-bond donors (Lipinski definition) is 0. The largest absolute Gasteiger partial charge is 0.493 e. The maximum absolute atomic E-state index is 9.13. The summed E-state index contributed by atoms with van der Waals surface area (Å²) < 4.78 is 6.21. The fourth-order valence-corrected chi connectivity index (χ4v) is 5.04. The molecule has 0 aliphatic heterocycles. The molecule has 3 aromatic rings. The topological polar surface area (TPSA) is 57.7 Å². The van der Waals surface area contributed by atoms with E-state index in [1.807, 2.05) is 30.3 Å². The summed E-state index contributed by atoms with van der Waals surface area (Å²) in [5.74, 6) is 1.31. The van der Waals surface area contributed by atoms with E-state index in [0.29, 0.717) is 11.5 Å². The van der Waals surface area contributed by atoms with Gasteiger partial charge in [-0.05, 0) is 95.5 Å². The van der Waals surface area contributed by atoms with Crippen molar-refractivity contribution in [3.05, 3.63) is 76.9 Å². The number of hydrogen-bond acceptors (Lipinski definition) is 4. The number of aryl methyl sites for hydroxylation is 2. The third kappa shape index (κ3) is 9.05. The lowest BCUT2D eigenvalue weighted by Gasteiger charge is -2.15. The van der Waals surface area contributed by atoms with Crippen molar-refractivity contribution in [3.8, 4) is 22.9 Å². The van der Waals surface area contributed by atoms with Crippen molar-refractivity contribution in [1.82, 2.24) is 0 Å². The van der Waals surface area contributed by atoms with E-state index < -0.39 is 0 Å². The molecule has 0 N–H and O–H groups in total. The zero-order valence-corrected chi connectivity index (χ0v) is 25.3. The monoisotopic (exact) mass is 537 g/mol. The summed E-state index contributed by atoms with van der Waals surface area (Å²) in [5.41, 5.74) is 8.28. The van der Waals surface area contributed by atoms with E-state index in [0.717, 1.165) is 54.1 Å². The number of azo groups is 1. The highest BCUT2D eigenvalue weighted by molar-refractivity contribution is 5.71. The Morgan fingerprint density at radius 2 is 1.35 bits per heavy atom. The second-order valence-corrected chi connectivity index (χ2v) is 10.9. The van der Waals surface area contributed by atoms with Crippen LogP contribution in [-0.4, -0.2) is 6.61 Å². The lowest BCUT2D eigenvalue weighted by molar-refractivity contribution is 0.300. The van der Waals surface area contributed by atoms with Crippen LogP contribution in [0.2, 0.25) is 0 Å². The minimum absolute atomic E-state index is 0.341. The summed E-state index contributed by atoms with van der Waals surface area (Å²) in [4.78, 5) is 0. The van der Waals surface area contributed by atoms with E-state index in [-0.39, 0.29) is 0 Å². The van der Waals surface area contributed by atoms with Crippen LogP contribution in [0.3, 0.4) is 0 Å². The lowest BCUT2D eigenvalue weighted by atomic mass is 9.95. The first kappa shape index (κ1) is 31.1. The summed E-state index contributed by atoms with van der Waals surface area (Å²) in [7, 11) is 0. The van der Waals surface area contributed by atoms with Crippen LogP contribution in [0.25, 0.3) is 11.1 Å². The summed E-state index contributed by atoms with van der Waals surface area (Å²) in [6.07, 6.45) is 12.1. The maximum atomic E-state index is 9.13. The van der Waals surface area contributed by atoms with Crippen molar-refractivity contribution in [2.45, 2.75) is 105 Å². The molecule has 0 radical (unpaired) electrons. The third-order valence-corrected chi connectivity index (χ3v) is 7.51. The van der Waals surface area contributed by atoms with Crippen molar-refractivity contribution in [3.63, 3.8) is 0 Å². The molecule has 0 saturated heterocycles. The Kier molecular flexibility index (Phi) is 12.9. The standard InChI is InChI=1S/C36H47N3O/c1-6-9-10-11-12-13-14-15-22-40-35-21-20-33(25-34(35)27(4)5)38-39-36-29(7-2)23-32(24-30(36)8-3)31-18-16-28(26-37)17-19-31/h16-21,23-25,27H,6-15,22H2,1-5H3/b39-38+. The van der Waals surface area contributed by atoms with Gasteiger partial charge in [0.05, 0.1) is 29.6 Å². The Bertz CT molecular complexity index is 1240. The number of rotatable bonds is 16. The van der Waals surface area contributed by atoms with Gasteiger partial charge in [0.1, 0.15) is 5.75 Å². The molecule has 4 nitrogen and oxygen atoms in total. The Morgan fingerprint density at radius 1 is 0.725 bits per heavy atom. The van der Waals surface area contributed by atoms with Gasteiger partial charge in [-0.25, -0.2) is 0 Å². The van der Waals surface area contributed by atoms with Crippen molar-refractivity contribution < 1.29 is 4.74 Å². The second-order valence-electron chi connectivity index (χ2n) is 10.9. The summed E-state index contributed by atoms with van der Waals surface area (Å²) in [6.45, 7) is 11.7. The molecule has 0 bridgehead atoms. The van der Waals surface area contributed by atoms with Crippen LogP contribution in [0.15, 0.2) is 64.8 Å². The minimum Gasteiger partial charge on any atom is -0.493 e. The molecule has 3 aromatic carbocycles. The van der Waals surface area contributed by atoms with Crippen LogP contribution in [0.1, 0.15) is 114 Å². The molecule has 212 valence electrons. The Labute approximate surface area is 242 Å². The molecule has 0 aliphatic rings. The normalized spacial score (nSPS) is 11.3. The third-order valence-electron chi connectivity index (χ3n) is 7.51. The number of ether oxygens (including phenoxy) is 1. The Hall–Kier alpha value is -3.45. The molecule has 4 heteroatoms. The number of unbranched alkanes of at least 4 members (excludes halogenated alkanes) is 7. The van der Waals surface area contributed by atoms with E-state index >= 15 is 0 Å². The summed E-state index contributed by atoms with van der Waals surface area (Å²) >= 11 is 0. The molecule has 0 atom stereocenters. The van der Waals surface area contributed by atoms with Gasteiger partial charge >= 0.3 is 0 Å². The average molecular weight is 538 g/mol. The average Bonchev–Trinajstić information content (AvgIpc) is 2.99. The van der Waals surface area contributed by atoms with Crippen LogP contribution in [0.5, 0.6) is 5.75 Å². The van der Waals surface area contributed by atoms with E-state index in [9.17, 15) is 0 Å². The van der Waals surface area contributed by atoms with Gasteiger partial charge < -0.3 is 4.74 Å². The summed E-state index contributed by atoms with van der Waals surface area (Å²) in [5, 5.41) is 18.6. The molecule has 0 saturated carbocycles. The molecular weight excluding hydrogens is 490 g/mol. The smallest absolute Gasteiger partial charge is 0.122 e. The quantitative estimate of drug-likeness (QED) is 0.135. The Balaban J connectivity index is 1.71. The van der Waals surface area contributed by atoms with Crippen LogP contribution in [0.4, 0.5) is 11.4 Å². The van der Waals surface area contributed by atoms with Crippen molar-refractivity contribution >= 4 is 11.4 Å². The SMILES string of the molecule is CCCCCCCCCCOc1ccc(/N=N/c2c(CC)cc(-c3ccc(C#N)cc3)cc2CC)cc1C(C)C. The van der Waals surface area contributed by atoms with Gasteiger partial charge in [0, 0.05) is 0 Å².